The highest BCUT2D eigenvalue weighted by atomic mass is 16.5. The molecule has 0 radical (unpaired) electrons. The van der Waals surface area contributed by atoms with Crippen molar-refractivity contribution in [2.24, 2.45) is 11.5 Å². The van der Waals surface area contributed by atoms with Crippen LogP contribution in [-0.2, 0) is 22.5 Å². The number of likely N-dealkylation sites (tertiary alicyclic amines) is 1. The summed E-state index contributed by atoms with van der Waals surface area (Å²) in [7, 11) is 3.27. The molecule has 0 spiro atoms. The molecule has 2 amide bonds. The molecule has 1 aromatic heterocycles. The normalized spacial score (nSPS) is 16.6. The van der Waals surface area contributed by atoms with Gasteiger partial charge < -0.3 is 30.4 Å². The molecular weight excluding hydrogens is 470 g/mol. The fourth-order valence-electron chi connectivity index (χ4n) is 5.24. The topological polar surface area (TPSA) is 126 Å². The van der Waals surface area contributed by atoms with Crippen LogP contribution in [0.1, 0.15) is 53.3 Å². The number of piperidine rings is 1. The second-order valence-electron chi connectivity index (χ2n) is 9.69. The number of amides is 2. The van der Waals surface area contributed by atoms with E-state index in [9.17, 15) is 9.59 Å². The third-order valence-electron chi connectivity index (χ3n) is 7.05. The van der Waals surface area contributed by atoms with E-state index in [0.29, 0.717) is 43.0 Å². The molecule has 1 aliphatic heterocycles. The first-order valence-electron chi connectivity index (χ1n) is 12.9. The van der Waals surface area contributed by atoms with Crippen LogP contribution in [0.15, 0.2) is 42.5 Å². The first-order valence-corrected chi connectivity index (χ1v) is 12.9. The minimum absolute atomic E-state index is 0.0164. The molecule has 2 aromatic carbocycles. The second kappa shape index (κ2) is 12.2. The molecule has 2 atom stereocenters. The van der Waals surface area contributed by atoms with Crippen molar-refractivity contribution in [2.75, 3.05) is 33.9 Å². The number of aryl methyl sites for hydroxylation is 1. The SMILES string of the molecule is COCCCn1c([C@@H]2CCCN(C(=O)C[C@@H](N)Cc3cc(OC)ccc3C(N)=O)C2)nc2ccccc21. The zero-order valence-electron chi connectivity index (χ0n) is 21.7. The summed E-state index contributed by atoms with van der Waals surface area (Å²) in [4.78, 5) is 32.0. The summed E-state index contributed by atoms with van der Waals surface area (Å²) < 4.78 is 12.8. The average molecular weight is 508 g/mol. The summed E-state index contributed by atoms with van der Waals surface area (Å²) in [6, 6.07) is 12.8. The summed E-state index contributed by atoms with van der Waals surface area (Å²) >= 11 is 0. The highest BCUT2D eigenvalue weighted by molar-refractivity contribution is 5.94. The molecule has 198 valence electrons. The Kier molecular flexibility index (Phi) is 8.78. The number of benzene rings is 2. The lowest BCUT2D eigenvalue weighted by atomic mass is 9.95. The van der Waals surface area contributed by atoms with E-state index in [1.807, 2.05) is 23.1 Å². The molecule has 4 rings (SSSR count). The number of nitrogens with zero attached hydrogens (tertiary/aromatic N) is 3. The molecule has 4 N–H and O–H groups in total. The van der Waals surface area contributed by atoms with Crippen LogP contribution in [0.2, 0.25) is 0 Å². The maximum atomic E-state index is 13.3. The molecule has 9 nitrogen and oxygen atoms in total. The predicted molar refractivity (Wildman–Crippen MR) is 143 cm³/mol. The molecule has 1 fully saturated rings. The number of para-hydroxylation sites is 2. The Bertz CT molecular complexity index is 1240. The van der Waals surface area contributed by atoms with Gasteiger partial charge >= 0.3 is 0 Å². The van der Waals surface area contributed by atoms with Crippen LogP contribution in [0.5, 0.6) is 5.75 Å². The van der Waals surface area contributed by atoms with Gasteiger partial charge in [0.1, 0.15) is 11.6 Å². The molecule has 9 heteroatoms. The predicted octanol–water partition coefficient (Wildman–Crippen LogP) is 2.85. The fourth-order valence-corrected chi connectivity index (χ4v) is 5.24. The number of carbonyl (C=O) groups excluding carboxylic acids is 2. The molecule has 3 aromatic rings. The minimum atomic E-state index is -0.525. The van der Waals surface area contributed by atoms with Gasteiger partial charge in [0.2, 0.25) is 11.8 Å². The molecule has 1 aliphatic rings. The van der Waals surface area contributed by atoms with Crippen LogP contribution in [0.3, 0.4) is 0 Å². The zero-order chi connectivity index (χ0) is 26.4. The Morgan fingerprint density at radius 3 is 2.76 bits per heavy atom. The monoisotopic (exact) mass is 507 g/mol. The van der Waals surface area contributed by atoms with Crippen LogP contribution in [0.25, 0.3) is 11.0 Å². The van der Waals surface area contributed by atoms with Crippen molar-refractivity contribution in [3.63, 3.8) is 0 Å². The van der Waals surface area contributed by atoms with Gasteiger partial charge in [-0.15, -0.1) is 0 Å². The van der Waals surface area contributed by atoms with E-state index in [-0.39, 0.29) is 18.2 Å². The van der Waals surface area contributed by atoms with Gasteiger partial charge in [-0.3, -0.25) is 9.59 Å². The number of carbonyl (C=O) groups is 2. The number of primary amides is 1. The standard InChI is InChI=1S/C28H37N5O4/c1-36-14-6-13-33-25-9-4-3-8-24(25)31-28(33)19-7-5-12-32(18-19)26(34)17-21(29)15-20-16-22(37-2)10-11-23(20)27(30)35/h3-4,8-11,16,19,21H,5-7,12-15,17-18,29H2,1-2H3,(H2,30,35)/t19-,21+/m1/s1. The third-order valence-corrected chi connectivity index (χ3v) is 7.05. The lowest BCUT2D eigenvalue weighted by Crippen LogP contribution is -2.42. The van der Waals surface area contributed by atoms with Crippen LogP contribution >= 0.6 is 0 Å². The van der Waals surface area contributed by atoms with Crippen LogP contribution in [0.4, 0.5) is 0 Å². The van der Waals surface area contributed by atoms with Crippen molar-refractivity contribution in [3.8, 4) is 5.75 Å². The number of hydrogen-bond donors (Lipinski definition) is 2. The molecule has 0 bridgehead atoms. The second-order valence-corrected chi connectivity index (χ2v) is 9.69. The summed E-state index contributed by atoms with van der Waals surface area (Å²) in [5, 5.41) is 0. The van der Waals surface area contributed by atoms with Gasteiger partial charge in [0.15, 0.2) is 0 Å². The number of aromatic nitrogens is 2. The zero-order valence-corrected chi connectivity index (χ0v) is 21.7. The molecule has 0 unspecified atom stereocenters. The van der Waals surface area contributed by atoms with Crippen molar-refractivity contribution in [1.82, 2.24) is 14.5 Å². The third kappa shape index (κ3) is 6.29. The van der Waals surface area contributed by atoms with Crippen molar-refractivity contribution >= 4 is 22.8 Å². The number of rotatable bonds is 11. The smallest absolute Gasteiger partial charge is 0.248 e. The first-order chi connectivity index (χ1) is 17.9. The average Bonchev–Trinajstić information content (AvgIpc) is 3.27. The van der Waals surface area contributed by atoms with Gasteiger partial charge in [0, 0.05) is 57.3 Å². The molecule has 0 saturated carbocycles. The number of imidazole rings is 1. The van der Waals surface area contributed by atoms with Gasteiger partial charge in [-0.2, -0.15) is 0 Å². The largest absolute Gasteiger partial charge is 0.497 e. The van der Waals surface area contributed by atoms with Gasteiger partial charge in [-0.25, -0.2) is 4.98 Å². The maximum Gasteiger partial charge on any atom is 0.248 e. The Labute approximate surface area is 217 Å². The number of ether oxygens (including phenoxy) is 2. The lowest BCUT2D eigenvalue weighted by Gasteiger charge is -2.33. The Morgan fingerprint density at radius 1 is 1.19 bits per heavy atom. The minimum Gasteiger partial charge on any atom is -0.497 e. The number of hydrogen-bond acceptors (Lipinski definition) is 6. The van der Waals surface area contributed by atoms with E-state index in [1.54, 1.807) is 32.4 Å². The number of methoxy groups -OCH3 is 2. The fraction of sp³-hybridized carbons (Fsp3) is 0.464. The van der Waals surface area contributed by atoms with E-state index in [4.69, 9.17) is 25.9 Å². The van der Waals surface area contributed by atoms with Crippen molar-refractivity contribution in [1.29, 1.82) is 0 Å². The number of fused-ring (bicyclic) bond motifs is 1. The molecule has 37 heavy (non-hydrogen) atoms. The quantitative estimate of drug-likeness (QED) is 0.385. The summed E-state index contributed by atoms with van der Waals surface area (Å²) in [5.74, 6) is 1.29. The van der Waals surface area contributed by atoms with Gasteiger partial charge in [0.25, 0.3) is 0 Å². The van der Waals surface area contributed by atoms with Crippen LogP contribution < -0.4 is 16.2 Å². The lowest BCUT2D eigenvalue weighted by molar-refractivity contribution is -0.132. The highest BCUT2D eigenvalue weighted by Gasteiger charge is 2.29. The van der Waals surface area contributed by atoms with Crippen LogP contribution in [-0.4, -0.2) is 66.2 Å². The first kappa shape index (κ1) is 26.6. The summed E-state index contributed by atoms with van der Waals surface area (Å²) in [6.45, 7) is 2.83. The van der Waals surface area contributed by atoms with Gasteiger partial charge in [-0.1, -0.05) is 12.1 Å². The van der Waals surface area contributed by atoms with E-state index in [2.05, 4.69) is 10.6 Å². The van der Waals surface area contributed by atoms with Crippen molar-refractivity contribution in [3.05, 3.63) is 59.4 Å². The summed E-state index contributed by atoms with van der Waals surface area (Å²) in [5.41, 5.74) is 15.1. The van der Waals surface area contributed by atoms with Crippen molar-refractivity contribution in [2.45, 2.75) is 50.6 Å². The Balaban J connectivity index is 1.45. The van der Waals surface area contributed by atoms with Crippen molar-refractivity contribution < 1.29 is 19.1 Å². The van der Waals surface area contributed by atoms with Gasteiger partial charge in [-0.05, 0) is 61.6 Å². The Morgan fingerprint density at radius 2 is 2.00 bits per heavy atom. The molecule has 2 heterocycles. The van der Waals surface area contributed by atoms with E-state index in [0.717, 1.165) is 42.7 Å². The molecular formula is C28H37N5O4. The van der Waals surface area contributed by atoms with E-state index >= 15 is 0 Å². The van der Waals surface area contributed by atoms with E-state index in [1.165, 1.54) is 0 Å². The number of nitrogens with two attached hydrogens (primary N) is 2. The highest BCUT2D eigenvalue weighted by Crippen LogP contribution is 2.30. The molecule has 0 aliphatic carbocycles. The summed E-state index contributed by atoms with van der Waals surface area (Å²) in [6.07, 6.45) is 3.33. The van der Waals surface area contributed by atoms with E-state index < -0.39 is 11.9 Å². The van der Waals surface area contributed by atoms with Gasteiger partial charge in [0.05, 0.1) is 18.1 Å². The maximum absolute atomic E-state index is 13.3. The Hall–Kier alpha value is -3.43. The van der Waals surface area contributed by atoms with Crippen LogP contribution in [0, 0.1) is 0 Å². The molecule has 1 saturated heterocycles.